The van der Waals surface area contributed by atoms with Crippen molar-refractivity contribution in [1.29, 1.82) is 0 Å². The van der Waals surface area contributed by atoms with Gasteiger partial charge < -0.3 is 0 Å². The van der Waals surface area contributed by atoms with Gasteiger partial charge in [0.2, 0.25) is 0 Å². The molecule has 2 nitrogen and oxygen atoms in total. The molecule has 4 aromatic carbocycles. The summed E-state index contributed by atoms with van der Waals surface area (Å²) >= 11 is 0. The molecule has 5 aromatic rings. The molecule has 0 aliphatic heterocycles. The van der Waals surface area contributed by atoms with Crippen molar-refractivity contribution in [1.82, 2.24) is 4.98 Å². The minimum absolute atomic E-state index is 0.270. The van der Waals surface area contributed by atoms with E-state index in [2.05, 4.69) is 149 Å². The largest absolute Gasteiger partial charge is 0.276 e. The van der Waals surface area contributed by atoms with E-state index < -0.39 is 0 Å². The van der Waals surface area contributed by atoms with E-state index in [1.807, 2.05) is 6.07 Å². The van der Waals surface area contributed by atoms with Gasteiger partial charge in [-0.2, -0.15) is 0 Å². The van der Waals surface area contributed by atoms with E-state index in [1.165, 1.54) is 16.3 Å². The molecule has 0 aliphatic rings. The second kappa shape index (κ2) is 11.9. The summed E-state index contributed by atoms with van der Waals surface area (Å²) in [6, 6.07) is 39.9. The molecule has 0 fully saturated rings. The van der Waals surface area contributed by atoms with E-state index in [-0.39, 0.29) is 6.04 Å². The number of rotatable bonds is 8. The zero-order valence-electron chi connectivity index (χ0n) is 22.9. The van der Waals surface area contributed by atoms with Gasteiger partial charge in [0.1, 0.15) is 6.04 Å². The molecule has 1 unspecified atom stereocenters. The van der Waals surface area contributed by atoms with Gasteiger partial charge in [0.15, 0.2) is 0 Å². The zero-order chi connectivity index (χ0) is 27.2. The third kappa shape index (κ3) is 5.97. The van der Waals surface area contributed by atoms with E-state index in [0.717, 1.165) is 39.4 Å². The molecule has 0 bridgehead atoms. The average Bonchev–Trinajstić information content (AvgIpc) is 2.99. The fourth-order valence-corrected chi connectivity index (χ4v) is 4.78. The monoisotopic (exact) mass is 506 g/mol. The molecule has 1 atom stereocenters. The van der Waals surface area contributed by atoms with Crippen molar-refractivity contribution in [2.45, 2.75) is 26.8 Å². The van der Waals surface area contributed by atoms with Gasteiger partial charge in [-0.25, -0.2) is 0 Å². The molecule has 0 N–H and O–H groups in total. The zero-order valence-corrected chi connectivity index (χ0v) is 22.9. The number of hydrogen-bond donors (Lipinski definition) is 0. The Bertz CT molecular complexity index is 1650. The fourth-order valence-electron chi connectivity index (χ4n) is 4.78. The van der Waals surface area contributed by atoms with Crippen LogP contribution >= 0.6 is 0 Å². The molecule has 1 aromatic heterocycles. The number of pyridine rings is 1. The van der Waals surface area contributed by atoms with Crippen LogP contribution in [0.15, 0.2) is 145 Å². The molecule has 192 valence electrons. The second-order valence-corrected chi connectivity index (χ2v) is 10.2. The number of aliphatic imine (C=N–C) groups is 1. The molecule has 39 heavy (non-hydrogen) atoms. The summed E-state index contributed by atoms with van der Waals surface area (Å²) in [7, 11) is 0. The van der Waals surface area contributed by atoms with Crippen LogP contribution < -0.4 is 0 Å². The van der Waals surface area contributed by atoms with Crippen molar-refractivity contribution >= 4 is 16.5 Å². The summed E-state index contributed by atoms with van der Waals surface area (Å²) in [6.07, 6.45) is 4.14. The Morgan fingerprint density at radius 2 is 1.38 bits per heavy atom. The second-order valence-electron chi connectivity index (χ2n) is 10.2. The van der Waals surface area contributed by atoms with Crippen molar-refractivity contribution in [2.75, 3.05) is 0 Å². The lowest BCUT2D eigenvalue weighted by atomic mass is 9.92. The highest BCUT2D eigenvalue weighted by Gasteiger charge is 2.20. The topological polar surface area (TPSA) is 25.2 Å². The predicted molar refractivity (Wildman–Crippen MR) is 167 cm³/mol. The third-order valence-corrected chi connectivity index (χ3v) is 7.07. The van der Waals surface area contributed by atoms with E-state index in [9.17, 15) is 0 Å². The van der Waals surface area contributed by atoms with Crippen molar-refractivity contribution in [3.63, 3.8) is 0 Å². The lowest BCUT2D eigenvalue weighted by Gasteiger charge is -2.19. The van der Waals surface area contributed by atoms with Gasteiger partial charge in [-0.15, -0.1) is 0 Å². The summed E-state index contributed by atoms with van der Waals surface area (Å²) in [4.78, 5) is 10.5. The molecule has 0 amide bonds. The van der Waals surface area contributed by atoms with Gasteiger partial charge in [0.05, 0.1) is 11.4 Å². The van der Waals surface area contributed by atoms with Crippen LogP contribution in [-0.4, -0.2) is 10.7 Å². The van der Waals surface area contributed by atoms with Crippen LogP contribution in [0, 0.1) is 5.92 Å². The van der Waals surface area contributed by atoms with Gasteiger partial charge in [-0.05, 0) is 58.5 Å². The van der Waals surface area contributed by atoms with E-state index in [0.29, 0.717) is 5.92 Å². The van der Waals surface area contributed by atoms with Gasteiger partial charge in [0, 0.05) is 11.3 Å². The SMILES string of the molecule is C=C(C=CC(C)=NC(c1cccc(-c2cccc3ccccc23)n1)c1ccccc1-c1ccccc1)C(C)C. The number of fused-ring (bicyclic) bond motifs is 1. The summed E-state index contributed by atoms with van der Waals surface area (Å²) in [5, 5.41) is 2.40. The number of allylic oxidation sites excluding steroid dienone is 3. The Kier molecular flexibility index (Phi) is 7.94. The van der Waals surface area contributed by atoms with Gasteiger partial charge in [0.25, 0.3) is 0 Å². The van der Waals surface area contributed by atoms with Crippen LogP contribution in [0.3, 0.4) is 0 Å². The highest BCUT2D eigenvalue weighted by molar-refractivity contribution is 5.96. The Morgan fingerprint density at radius 3 is 2.21 bits per heavy atom. The van der Waals surface area contributed by atoms with E-state index >= 15 is 0 Å². The van der Waals surface area contributed by atoms with Crippen molar-refractivity contribution in [3.05, 3.63) is 151 Å². The number of aromatic nitrogens is 1. The maximum atomic E-state index is 5.26. The van der Waals surface area contributed by atoms with Crippen LogP contribution in [-0.2, 0) is 0 Å². The Balaban J connectivity index is 1.66. The summed E-state index contributed by atoms with van der Waals surface area (Å²) < 4.78 is 0. The predicted octanol–water partition coefficient (Wildman–Crippen LogP) is 9.89. The molecule has 0 aliphatic carbocycles. The molecule has 5 rings (SSSR count). The van der Waals surface area contributed by atoms with Crippen LogP contribution in [0.2, 0.25) is 0 Å². The average molecular weight is 507 g/mol. The van der Waals surface area contributed by atoms with Gasteiger partial charge >= 0.3 is 0 Å². The Morgan fingerprint density at radius 1 is 0.718 bits per heavy atom. The van der Waals surface area contributed by atoms with E-state index in [1.54, 1.807) is 0 Å². The normalized spacial score (nSPS) is 12.8. The standard InChI is InChI=1S/C37H34N2/c1-26(2)27(3)24-25-28(4)38-37(34-20-11-10-19-32(34)29-14-6-5-7-15-29)36-23-13-22-35(39-36)33-21-12-17-30-16-8-9-18-31(30)33/h5-26,37H,3H2,1-2,4H3. The minimum atomic E-state index is -0.270. The first kappa shape index (κ1) is 26.1. The number of nitrogens with zero attached hydrogens (tertiary/aromatic N) is 2. The minimum Gasteiger partial charge on any atom is -0.276 e. The smallest absolute Gasteiger partial charge is 0.118 e. The summed E-state index contributed by atoms with van der Waals surface area (Å²) in [5.74, 6) is 0.391. The van der Waals surface area contributed by atoms with Crippen LogP contribution in [0.25, 0.3) is 33.2 Å². The Hall–Kier alpha value is -4.56. The lowest BCUT2D eigenvalue weighted by molar-refractivity contribution is 0.795. The maximum absolute atomic E-state index is 5.26. The van der Waals surface area contributed by atoms with Crippen LogP contribution in [0.1, 0.15) is 38.1 Å². The first-order chi connectivity index (χ1) is 19.0. The molecule has 1 heterocycles. The third-order valence-electron chi connectivity index (χ3n) is 7.07. The van der Waals surface area contributed by atoms with E-state index in [4.69, 9.17) is 9.98 Å². The van der Waals surface area contributed by atoms with Crippen molar-refractivity contribution in [2.24, 2.45) is 10.9 Å². The molecule has 0 saturated carbocycles. The molecule has 2 heteroatoms. The summed E-state index contributed by atoms with van der Waals surface area (Å²) in [5.41, 5.74) is 8.46. The van der Waals surface area contributed by atoms with Gasteiger partial charge in [-0.1, -0.05) is 135 Å². The molecular formula is C37H34N2. The molecular weight excluding hydrogens is 472 g/mol. The Labute approximate surface area is 232 Å². The lowest BCUT2D eigenvalue weighted by Crippen LogP contribution is -2.06. The fraction of sp³-hybridized carbons (Fsp3) is 0.135. The van der Waals surface area contributed by atoms with Gasteiger partial charge in [-0.3, -0.25) is 9.98 Å². The first-order valence-corrected chi connectivity index (χ1v) is 13.5. The van der Waals surface area contributed by atoms with Crippen molar-refractivity contribution in [3.8, 4) is 22.4 Å². The number of benzene rings is 4. The number of hydrogen-bond acceptors (Lipinski definition) is 2. The molecule has 0 radical (unpaired) electrons. The summed E-state index contributed by atoms with van der Waals surface area (Å²) in [6.45, 7) is 10.6. The van der Waals surface area contributed by atoms with Crippen LogP contribution in [0.4, 0.5) is 0 Å². The van der Waals surface area contributed by atoms with Crippen molar-refractivity contribution < 1.29 is 0 Å². The highest BCUT2D eigenvalue weighted by atomic mass is 14.9. The quantitative estimate of drug-likeness (QED) is 0.152. The molecule has 0 spiro atoms. The van der Waals surface area contributed by atoms with Crippen LogP contribution in [0.5, 0.6) is 0 Å². The highest BCUT2D eigenvalue weighted by Crippen LogP contribution is 2.35. The first-order valence-electron chi connectivity index (χ1n) is 13.5. The maximum Gasteiger partial charge on any atom is 0.118 e. The molecule has 0 saturated heterocycles.